The van der Waals surface area contributed by atoms with Crippen molar-refractivity contribution < 1.29 is 37.4 Å². The van der Waals surface area contributed by atoms with E-state index in [1.54, 1.807) is 0 Å². The van der Waals surface area contributed by atoms with Gasteiger partial charge in [0, 0.05) is 5.56 Å². The van der Waals surface area contributed by atoms with Gasteiger partial charge in [0.25, 0.3) is 5.91 Å². The van der Waals surface area contributed by atoms with Crippen LogP contribution < -0.4 is 5.32 Å². The molecule has 0 radical (unpaired) electrons. The third-order valence-corrected chi connectivity index (χ3v) is 2.65. The summed E-state index contributed by atoms with van der Waals surface area (Å²) < 4.78 is 41.9. The predicted molar refractivity (Wildman–Crippen MR) is 67.0 cm³/mol. The number of aliphatic carboxylic acids is 1. The van der Waals surface area contributed by atoms with Crippen molar-refractivity contribution >= 4 is 17.8 Å². The maximum absolute atomic E-state index is 12.6. The number of carbonyl (C=O) groups excluding carboxylic acids is 2. The maximum Gasteiger partial charge on any atom is 0.416 e. The van der Waals surface area contributed by atoms with Crippen LogP contribution in [0.2, 0.25) is 0 Å². The highest BCUT2D eigenvalue weighted by atomic mass is 19.4. The van der Waals surface area contributed by atoms with Crippen molar-refractivity contribution in [2.75, 3.05) is 7.11 Å². The Morgan fingerprint density at radius 1 is 1.32 bits per heavy atom. The summed E-state index contributed by atoms with van der Waals surface area (Å²) >= 11 is 0. The zero-order chi connectivity index (χ0) is 16.9. The molecule has 1 unspecified atom stereocenters. The lowest BCUT2D eigenvalue weighted by Gasteiger charge is -2.14. The number of carboxylic acid groups (broad SMARTS) is 1. The highest BCUT2D eigenvalue weighted by Crippen LogP contribution is 2.29. The molecule has 1 aromatic rings. The number of rotatable bonds is 5. The van der Waals surface area contributed by atoms with Gasteiger partial charge in [0.05, 0.1) is 19.1 Å². The van der Waals surface area contributed by atoms with Gasteiger partial charge in [-0.25, -0.2) is 4.79 Å². The van der Waals surface area contributed by atoms with Crippen molar-refractivity contribution in [3.05, 3.63) is 35.4 Å². The first-order valence-electron chi connectivity index (χ1n) is 5.93. The molecule has 1 rings (SSSR count). The van der Waals surface area contributed by atoms with Crippen molar-refractivity contribution in [1.29, 1.82) is 0 Å². The molecule has 1 atom stereocenters. The van der Waals surface area contributed by atoms with E-state index in [1.807, 2.05) is 5.32 Å². The molecule has 0 heterocycles. The molecule has 0 saturated carbocycles. The van der Waals surface area contributed by atoms with E-state index in [9.17, 15) is 27.6 Å². The first-order valence-corrected chi connectivity index (χ1v) is 5.93. The first-order chi connectivity index (χ1) is 10.1. The molecule has 22 heavy (non-hydrogen) atoms. The Hall–Kier alpha value is -2.58. The molecular formula is C13H12F3NO5. The highest BCUT2D eigenvalue weighted by Gasteiger charge is 2.31. The van der Waals surface area contributed by atoms with E-state index < -0.39 is 42.0 Å². The minimum absolute atomic E-state index is 0.369. The molecule has 120 valence electrons. The van der Waals surface area contributed by atoms with Crippen LogP contribution in [-0.4, -0.2) is 36.1 Å². The third-order valence-electron chi connectivity index (χ3n) is 2.65. The normalized spacial score (nSPS) is 12.4. The third kappa shape index (κ3) is 4.76. The smallest absolute Gasteiger partial charge is 0.416 e. The van der Waals surface area contributed by atoms with Gasteiger partial charge in [0.15, 0.2) is 0 Å². The van der Waals surface area contributed by atoms with Crippen LogP contribution in [0.1, 0.15) is 22.3 Å². The molecule has 9 heteroatoms. The number of hydrogen-bond acceptors (Lipinski definition) is 4. The summed E-state index contributed by atoms with van der Waals surface area (Å²) in [5.74, 6) is -3.43. The molecule has 0 aliphatic carbocycles. The van der Waals surface area contributed by atoms with Crippen molar-refractivity contribution in [2.24, 2.45) is 0 Å². The number of benzene rings is 1. The SMILES string of the molecule is COC(=O)CC(NC(=O)c1cccc(C(F)(F)F)c1)C(=O)O. The quantitative estimate of drug-likeness (QED) is 0.801. The Morgan fingerprint density at radius 2 is 1.95 bits per heavy atom. The number of hydrogen-bond donors (Lipinski definition) is 2. The summed E-state index contributed by atoms with van der Waals surface area (Å²) in [5, 5.41) is 10.9. The fourth-order valence-electron chi connectivity index (χ4n) is 1.53. The lowest BCUT2D eigenvalue weighted by Crippen LogP contribution is -2.42. The van der Waals surface area contributed by atoms with Crippen LogP contribution >= 0.6 is 0 Å². The largest absolute Gasteiger partial charge is 0.480 e. The topological polar surface area (TPSA) is 92.7 Å². The average Bonchev–Trinajstić information content (AvgIpc) is 2.45. The maximum atomic E-state index is 12.6. The second-order valence-electron chi connectivity index (χ2n) is 4.22. The predicted octanol–water partition coefficient (Wildman–Crippen LogP) is 1.45. The second kappa shape index (κ2) is 6.92. The second-order valence-corrected chi connectivity index (χ2v) is 4.22. The van der Waals surface area contributed by atoms with Crippen molar-refractivity contribution in [1.82, 2.24) is 5.32 Å². The molecule has 6 nitrogen and oxygen atoms in total. The molecule has 0 fully saturated rings. The van der Waals surface area contributed by atoms with E-state index in [4.69, 9.17) is 5.11 Å². The average molecular weight is 319 g/mol. The van der Waals surface area contributed by atoms with E-state index in [2.05, 4.69) is 4.74 Å². The Bertz CT molecular complexity index is 585. The summed E-state index contributed by atoms with van der Waals surface area (Å²) in [6.45, 7) is 0. The number of nitrogens with one attached hydrogen (secondary N) is 1. The van der Waals surface area contributed by atoms with Crippen LogP contribution in [0.15, 0.2) is 24.3 Å². The fourth-order valence-corrected chi connectivity index (χ4v) is 1.53. The van der Waals surface area contributed by atoms with Gasteiger partial charge in [0.2, 0.25) is 0 Å². The van der Waals surface area contributed by atoms with E-state index in [0.717, 1.165) is 25.3 Å². The fraction of sp³-hybridized carbons (Fsp3) is 0.308. The van der Waals surface area contributed by atoms with Crippen LogP contribution in [0.4, 0.5) is 13.2 Å². The number of esters is 1. The van der Waals surface area contributed by atoms with E-state index >= 15 is 0 Å². The number of amides is 1. The van der Waals surface area contributed by atoms with Gasteiger partial charge in [-0.2, -0.15) is 13.2 Å². The van der Waals surface area contributed by atoms with Crippen molar-refractivity contribution in [2.45, 2.75) is 18.6 Å². The zero-order valence-corrected chi connectivity index (χ0v) is 11.3. The van der Waals surface area contributed by atoms with E-state index in [0.29, 0.717) is 6.07 Å². The molecule has 0 aliphatic heterocycles. The van der Waals surface area contributed by atoms with Gasteiger partial charge in [0.1, 0.15) is 6.04 Å². The molecular weight excluding hydrogens is 307 g/mol. The molecule has 0 saturated heterocycles. The highest BCUT2D eigenvalue weighted by molar-refractivity contribution is 5.97. The molecule has 0 aliphatic rings. The first kappa shape index (κ1) is 17.5. The Labute approximate surface area is 122 Å². The number of methoxy groups -OCH3 is 1. The summed E-state index contributed by atoms with van der Waals surface area (Å²) in [4.78, 5) is 33.8. The summed E-state index contributed by atoms with van der Waals surface area (Å²) in [5.41, 5.74) is -1.41. The van der Waals surface area contributed by atoms with Crippen molar-refractivity contribution in [3.63, 3.8) is 0 Å². The van der Waals surface area contributed by atoms with Crippen LogP contribution in [0.5, 0.6) is 0 Å². The van der Waals surface area contributed by atoms with E-state index in [1.165, 1.54) is 0 Å². The molecule has 0 spiro atoms. The van der Waals surface area contributed by atoms with Crippen LogP contribution in [-0.2, 0) is 20.5 Å². The summed E-state index contributed by atoms with van der Waals surface area (Å²) in [7, 11) is 1.04. The van der Waals surface area contributed by atoms with Gasteiger partial charge in [-0.3, -0.25) is 9.59 Å². The summed E-state index contributed by atoms with van der Waals surface area (Å²) in [6.07, 6.45) is -5.27. The van der Waals surface area contributed by atoms with Gasteiger partial charge in [-0.15, -0.1) is 0 Å². The van der Waals surface area contributed by atoms with E-state index in [-0.39, 0.29) is 5.56 Å². The zero-order valence-electron chi connectivity index (χ0n) is 11.3. The van der Waals surface area contributed by atoms with Gasteiger partial charge >= 0.3 is 18.1 Å². The number of halogens is 3. The number of carboxylic acids is 1. The Morgan fingerprint density at radius 3 is 2.45 bits per heavy atom. The summed E-state index contributed by atoms with van der Waals surface area (Å²) in [6, 6.07) is 1.89. The Balaban J connectivity index is 2.91. The van der Waals surface area contributed by atoms with Gasteiger partial charge < -0.3 is 15.2 Å². The number of ether oxygens (including phenoxy) is 1. The monoisotopic (exact) mass is 319 g/mol. The molecule has 1 aromatic carbocycles. The van der Waals surface area contributed by atoms with Gasteiger partial charge in [-0.1, -0.05) is 6.07 Å². The molecule has 0 aromatic heterocycles. The van der Waals surface area contributed by atoms with Crippen LogP contribution in [0, 0.1) is 0 Å². The van der Waals surface area contributed by atoms with Crippen LogP contribution in [0.3, 0.4) is 0 Å². The minimum atomic E-state index is -4.63. The lowest BCUT2D eigenvalue weighted by atomic mass is 10.1. The Kier molecular flexibility index (Phi) is 5.50. The van der Waals surface area contributed by atoms with Crippen LogP contribution in [0.25, 0.3) is 0 Å². The number of alkyl halides is 3. The van der Waals surface area contributed by atoms with Gasteiger partial charge in [-0.05, 0) is 18.2 Å². The lowest BCUT2D eigenvalue weighted by molar-refractivity contribution is -0.147. The standard InChI is InChI=1S/C13H12F3NO5/c1-22-10(18)6-9(12(20)21)17-11(19)7-3-2-4-8(5-7)13(14,15)16/h2-5,9H,6H2,1H3,(H,17,19)(H,20,21). The van der Waals surface area contributed by atoms with Crippen molar-refractivity contribution in [3.8, 4) is 0 Å². The molecule has 0 bridgehead atoms. The molecule has 1 amide bonds. The number of carbonyl (C=O) groups is 3. The molecule has 2 N–H and O–H groups in total. The minimum Gasteiger partial charge on any atom is -0.480 e.